The second-order valence-corrected chi connectivity index (χ2v) is 8.46. The van der Waals surface area contributed by atoms with Gasteiger partial charge in [-0.05, 0) is 24.3 Å². The molecule has 0 aliphatic heterocycles. The fourth-order valence-corrected chi connectivity index (χ4v) is 2.95. The molecule has 0 spiro atoms. The first-order valence-electron chi connectivity index (χ1n) is 10.9. The number of carbonyl (C=O) groups excluding carboxylic acids is 3. The van der Waals surface area contributed by atoms with Crippen LogP contribution in [-0.2, 0) is 25.6 Å². The normalized spacial score (nSPS) is 15.7. The first-order valence-corrected chi connectivity index (χ1v) is 10.9. The van der Waals surface area contributed by atoms with Crippen molar-refractivity contribution < 1.29 is 24.3 Å². The van der Waals surface area contributed by atoms with Gasteiger partial charge in [-0.3, -0.25) is 19.2 Å². The summed E-state index contributed by atoms with van der Waals surface area (Å²) in [5.41, 5.74) is 6.71. The van der Waals surface area contributed by atoms with Crippen LogP contribution in [0.3, 0.4) is 0 Å². The molecule has 9 heteroatoms. The van der Waals surface area contributed by atoms with Gasteiger partial charge in [-0.25, -0.2) is 0 Å². The molecule has 3 amide bonds. The zero-order valence-electron chi connectivity index (χ0n) is 19.4. The summed E-state index contributed by atoms with van der Waals surface area (Å²) in [6.07, 6.45) is 0.776. The van der Waals surface area contributed by atoms with Gasteiger partial charge in [0.05, 0.1) is 6.04 Å². The Morgan fingerprint density at radius 1 is 0.906 bits per heavy atom. The lowest BCUT2D eigenvalue weighted by atomic mass is 9.96. The van der Waals surface area contributed by atoms with E-state index in [4.69, 9.17) is 10.8 Å². The van der Waals surface area contributed by atoms with E-state index < -0.39 is 47.9 Å². The van der Waals surface area contributed by atoms with E-state index in [9.17, 15) is 19.2 Å². The monoisotopic (exact) mass is 448 g/mol. The summed E-state index contributed by atoms with van der Waals surface area (Å²) in [5.74, 6) is -3.09. The maximum Gasteiger partial charge on any atom is 0.325 e. The van der Waals surface area contributed by atoms with Crippen molar-refractivity contribution in [1.29, 1.82) is 0 Å². The molecule has 9 nitrogen and oxygen atoms in total. The van der Waals surface area contributed by atoms with E-state index in [1.807, 2.05) is 58.0 Å². The van der Waals surface area contributed by atoms with Gasteiger partial charge in [0.2, 0.25) is 17.7 Å². The van der Waals surface area contributed by atoms with Gasteiger partial charge in [0.25, 0.3) is 0 Å². The number of amides is 3. The maximum absolute atomic E-state index is 13.1. The van der Waals surface area contributed by atoms with E-state index in [1.165, 1.54) is 6.92 Å². The molecule has 0 saturated carbocycles. The van der Waals surface area contributed by atoms with Gasteiger partial charge >= 0.3 is 5.97 Å². The van der Waals surface area contributed by atoms with Gasteiger partial charge in [-0.2, -0.15) is 0 Å². The van der Waals surface area contributed by atoms with Crippen molar-refractivity contribution in [3.05, 3.63) is 35.9 Å². The highest BCUT2D eigenvalue weighted by molar-refractivity contribution is 5.94. The highest BCUT2D eigenvalue weighted by Gasteiger charge is 2.32. The summed E-state index contributed by atoms with van der Waals surface area (Å²) in [6.45, 7) is 8.68. The number of aliphatic carboxylic acids is 1. The van der Waals surface area contributed by atoms with Crippen molar-refractivity contribution in [3.8, 4) is 0 Å². The minimum absolute atomic E-state index is 0.107. The van der Waals surface area contributed by atoms with Crippen molar-refractivity contribution in [2.45, 2.75) is 71.6 Å². The Morgan fingerprint density at radius 3 is 2.00 bits per heavy atom. The van der Waals surface area contributed by atoms with Gasteiger partial charge in [0.15, 0.2) is 0 Å². The largest absolute Gasteiger partial charge is 0.480 e. The minimum Gasteiger partial charge on any atom is -0.480 e. The van der Waals surface area contributed by atoms with E-state index in [0.29, 0.717) is 6.42 Å². The van der Waals surface area contributed by atoms with Crippen molar-refractivity contribution in [1.82, 2.24) is 16.0 Å². The van der Waals surface area contributed by atoms with Crippen molar-refractivity contribution in [2.75, 3.05) is 0 Å². The lowest BCUT2D eigenvalue weighted by Gasteiger charge is -2.28. The van der Waals surface area contributed by atoms with Crippen molar-refractivity contribution in [3.63, 3.8) is 0 Å². The summed E-state index contributed by atoms with van der Waals surface area (Å²) >= 11 is 0. The Morgan fingerprint density at radius 2 is 1.50 bits per heavy atom. The average molecular weight is 449 g/mol. The zero-order valence-corrected chi connectivity index (χ0v) is 19.4. The number of hydrogen-bond acceptors (Lipinski definition) is 5. The fraction of sp³-hybridized carbons (Fsp3) is 0.565. The maximum atomic E-state index is 13.1. The molecule has 5 unspecified atom stereocenters. The van der Waals surface area contributed by atoms with Crippen LogP contribution in [0.1, 0.15) is 46.6 Å². The summed E-state index contributed by atoms with van der Waals surface area (Å²) in [5, 5.41) is 16.9. The van der Waals surface area contributed by atoms with Crippen LogP contribution in [0.25, 0.3) is 0 Å². The highest BCUT2D eigenvalue weighted by Crippen LogP contribution is 2.11. The van der Waals surface area contributed by atoms with Gasteiger partial charge in [-0.1, -0.05) is 64.4 Å². The number of rotatable bonds is 12. The lowest BCUT2D eigenvalue weighted by Crippen LogP contribution is -2.59. The van der Waals surface area contributed by atoms with Gasteiger partial charge in [-0.15, -0.1) is 0 Å². The summed E-state index contributed by atoms with van der Waals surface area (Å²) in [7, 11) is 0. The quantitative estimate of drug-likeness (QED) is 0.319. The topological polar surface area (TPSA) is 151 Å². The van der Waals surface area contributed by atoms with Crippen LogP contribution in [0.15, 0.2) is 30.3 Å². The number of nitrogens with one attached hydrogen (secondary N) is 3. The number of hydrogen-bond donors (Lipinski definition) is 5. The zero-order chi connectivity index (χ0) is 24.4. The van der Waals surface area contributed by atoms with E-state index in [-0.39, 0.29) is 18.3 Å². The molecule has 1 aromatic carbocycles. The Labute approximate surface area is 189 Å². The van der Waals surface area contributed by atoms with Crippen molar-refractivity contribution in [2.24, 2.45) is 17.6 Å². The molecule has 1 aromatic rings. The first kappa shape index (κ1) is 27.1. The van der Waals surface area contributed by atoms with Crippen LogP contribution in [0.4, 0.5) is 0 Å². The minimum atomic E-state index is -1.18. The number of carboxylic acid groups (broad SMARTS) is 1. The molecular weight excluding hydrogens is 412 g/mol. The van der Waals surface area contributed by atoms with E-state index in [1.54, 1.807) is 0 Å². The number of carbonyl (C=O) groups is 4. The summed E-state index contributed by atoms with van der Waals surface area (Å²) < 4.78 is 0. The van der Waals surface area contributed by atoms with E-state index >= 15 is 0 Å². The predicted octanol–water partition coefficient (Wildman–Crippen LogP) is 0.817. The third kappa shape index (κ3) is 8.30. The number of carboxylic acids is 1. The molecule has 6 N–H and O–H groups in total. The molecule has 0 radical (unpaired) electrons. The molecule has 0 fully saturated rings. The molecule has 1 rings (SSSR count). The third-order valence-electron chi connectivity index (χ3n) is 5.46. The lowest BCUT2D eigenvalue weighted by molar-refractivity contribution is -0.141. The van der Waals surface area contributed by atoms with E-state index in [0.717, 1.165) is 5.56 Å². The second-order valence-electron chi connectivity index (χ2n) is 8.46. The SMILES string of the molecule is CCC(C)C(NC(=O)C(N)C(C)C)C(=O)NC(Cc1ccccc1)C(=O)NC(C)C(=O)O. The van der Waals surface area contributed by atoms with Gasteiger partial charge in [0, 0.05) is 6.42 Å². The Hall–Kier alpha value is -2.94. The molecule has 0 bridgehead atoms. The Balaban J connectivity index is 3.08. The molecule has 0 aromatic heterocycles. The second kappa shape index (κ2) is 12.8. The number of nitrogens with two attached hydrogens (primary N) is 1. The van der Waals surface area contributed by atoms with Crippen LogP contribution in [0.2, 0.25) is 0 Å². The standard InChI is InChI=1S/C23H36N4O5/c1-6-14(4)19(27-21(29)18(24)13(2)3)22(30)26-17(12-16-10-8-7-9-11-16)20(28)25-15(5)23(31)32/h7-11,13-15,17-19H,6,12,24H2,1-5H3,(H,25,28)(H,26,30)(H,27,29)(H,31,32). The summed E-state index contributed by atoms with van der Waals surface area (Å²) in [4.78, 5) is 49.6. The first-order chi connectivity index (χ1) is 15.0. The predicted molar refractivity (Wildman–Crippen MR) is 122 cm³/mol. The molecule has 5 atom stereocenters. The average Bonchev–Trinajstić information content (AvgIpc) is 2.75. The fourth-order valence-electron chi connectivity index (χ4n) is 2.95. The Bertz CT molecular complexity index is 784. The van der Waals surface area contributed by atoms with Crippen LogP contribution in [0.5, 0.6) is 0 Å². The van der Waals surface area contributed by atoms with Gasteiger partial charge in [0.1, 0.15) is 18.1 Å². The number of benzene rings is 1. The molecular formula is C23H36N4O5. The Kier molecular flexibility index (Phi) is 10.8. The van der Waals surface area contributed by atoms with Crippen molar-refractivity contribution >= 4 is 23.7 Å². The molecule has 0 aliphatic carbocycles. The molecule has 0 heterocycles. The molecule has 178 valence electrons. The van der Waals surface area contributed by atoms with E-state index in [2.05, 4.69) is 16.0 Å². The molecule has 32 heavy (non-hydrogen) atoms. The highest BCUT2D eigenvalue weighted by atomic mass is 16.4. The van der Waals surface area contributed by atoms with Gasteiger partial charge < -0.3 is 26.8 Å². The van der Waals surface area contributed by atoms with Crippen LogP contribution in [0, 0.1) is 11.8 Å². The molecule has 0 aliphatic rings. The smallest absolute Gasteiger partial charge is 0.325 e. The van der Waals surface area contributed by atoms with Crippen LogP contribution < -0.4 is 21.7 Å². The van der Waals surface area contributed by atoms with Crippen LogP contribution >= 0.6 is 0 Å². The van der Waals surface area contributed by atoms with Crippen LogP contribution in [-0.4, -0.2) is 53.0 Å². The third-order valence-corrected chi connectivity index (χ3v) is 5.46. The molecule has 0 saturated heterocycles. The summed E-state index contributed by atoms with van der Waals surface area (Å²) in [6, 6.07) is 5.26.